The molecule has 10 heteroatoms. The van der Waals surface area contributed by atoms with Crippen LogP contribution in [0.25, 0.3) is 22.2 Å². The molecular formula is C20H15FIN5O3. The van der Waals surface area contributed by atoms with Gasteiger partial charge in [-0.1, -0.05) is 6.07 Å². The van der Waals surface area contributed by atoms with E-state index < -0.39 is 16.4 Å². The Hall–Kier alpha value is -3.28. The fraction of sp³-hybridized carbons (Fsp3) is 0.100. The van der Waals surface area contributed by atoms with E-state index in [0.29, 0.717) is 5.69 Å². The van der Waals surface area contributed by atoms with E-state index in [-0.39, 0.29) is 17.4 Å². The third kappa shape index (κ3) is 3.65. The molecule has 8 nitrogen and oxygen atoms in total. The Balaban J connectivity index is 1.76. The zero-order chi connectivity index (χ0) is 21.4. The maximum Gasteiger partial charge on any atom is 0.307 e. The van der Waals surface area contributed by atoms with Gasteiger partial charge in [-0.05, 0) is 40.8 Å². The largest absolute Gasteiger partial charge is 0.494 e. The molecule has 0 amide bonds. The minimum atomic E-state index is -0.984. The molecule has 0 aliphatic heterocycles. The number of ether oxygens (including phenoxy) is 1. The smallest absolute Gasteiger partial charge is 0.307 e. The van der Waals surface area contributed by atoms with E-state index in [2.05, 4.69) is 43.9 Å². The number of nitrogens with zero attached hydrogens (tertiary/aromatic N) is 4. The molecule has 0 saturated heterocycles. The Morgan fingerprint density at radius 2 is 2.07 bits per heavy atom. The van der Waals surface area contributed by atoms with Gasteiger partial charge in [-0.15, -0.1) is 0 Å². The zero-order valence-corrected chi connectivity index (χ0v) is 18.0. The molecule has 0 saturated carbocycles. The fourth-order valence-corrected chi connectivity index (χ4v) is 3.68. The van der Waals surface area contributed by atoms with Crippen molar-refractivity contribution in [1.82, 2.24) is 14.5 Å². The highest BCUT2D eigenvalue weighted by Gasteiger charge is 2.20. The number of benzene rings is 2. The maximum absolute atomic E-state index is 13.9. The van der Waals surface area contributed by atoms with Gasteiger partial charge in [0.2, 0.25) is 11.8 Å². The third-order valence-corrected chi connectivity index (χ3v) is 5.27. The van der Waals surface area contributed by atoms with Crippen molar-refractivity contribution in [2.24, 2.45) is 7.05 Å². The van der Waals surface area contributed by atoms with Gasteiger partial charge in [0.25, 0.3) is 0 Å². The summed E-state index contributed by atoms with van der Waals surface area (Å²) in [6.45, 7) is 0. The third-order valence-electron chi connectivity index (χ3n) is 4.60. The number of halogens is 2. The molecule has 2 heterocycles. The predicted octanol–water partition coefficient (Wildman–Crippen LogP) is 5.04. The van der Waals surface area contributed by atoms with Crippen LogP contribution in [0.1, 0.15) is 0 Å². The summed E-state index contributed by atoms with van der Waals surface area (Å²) in [7, 11) is 3.31. The first kappa shape index (κ1) is 20.0. The average molecular weight is 519 g/mol. The second-order valence-electron chi connectivity index (χ2n) is 6.47. The Kier molecular flexibility index (Phi) is 5.24. The quantitative estimate of drug-likeness (QED) is 0.226. The highest BCUT2D eigenvalue weighted by atomic mass is 127. The van der Waals surface area contributed by atoms with E-state index in [9.17, 15) is 14.5 Å². The Bertz CT molecular complexity index is 1290. The van der Waals surface area contributed by atoms with Crippen LogP contribution in [-0.4, -0.2) is 26.6 Å². The first-order valence-corrected chi connectivity index (χ1v) is 9.82. The number of nitro groups is 1. The number of fused-ring (bicyclic) bond motifs is 1. The van der Waals surface area contributed by atoms with Crippen LogP contribution in [0, 0.1) is 19.5 Å². The predicted molar refractivity (Wildman–Crippen MR) is 120 cm³/mol. The van der Waals surface area contributed by atoms with Crippen molar-refractivity contribution < 1.29 is 14.1 Å². The van der Waals surface area contributed by atoms with Gasteiger partial charge in [-0.2, -0.15) is 4.39 Å². The SMILES string of the molecule is COc1cc(F)c([N+](=O)[O-])cc1Nc1nccc(-c2cn(C)c3cc(I)ccc23)n1. The van der Waals surface area contributed by atoms with Crippen LogP contribution < -0.4 is 10.1 Å². The monoisotopic (exact) mass is 519 g/mol. The van der Waals surface area contributed by atoms with E-state index in [4.69, 9.17) is 4.74 Å². The van der Waals surface area contributed by atoms with Gasteiger partial charge in [0.05, 0.1) is 23.4 Å². The summed E-state index contributed by atoms with van der Waals surface area (Å²) < 4.78 is 22.2. The molecule has 4 rings (SSSR count). The summed E-state index contributed by atoms with van der Waals surface area (Å²) in [4.78, 5) is 19.0. The van der Waals surface area contributed by atoms with Gasteiger partial charge < -0.3 is 14.6 Å². The van der Waals surface area contributed by atoms with Gasteiger partial charge >= 0.3 is 5.69 Å². The number of nitro benzene ring substituents is 1. The summed E-state index contributed by atoms with van der Waals surface area (Å²) in [5, 5.41) is 15.0. The number of hydrogen-bond donors (Lipinski definition) is 1. The summed E-state index contributed by atoms with van der Waals surface area (Å²) in [5.41, 5.74) is 2.19. The average Bonchev–Trinajstić information content (AvgIpc) is 3.05. The second-order valence-corrected chi connectivity index (χ2v) is 7.71. The topological polar surface area (TPSA) is 95.1 Å². The van der Waals surface area contributed by atoms with Crippen LogP contribution >= 0.6 is 22.6 Å². The summed E-state index contributed by atoms with van der Waals surface area (Å²) in [5.74, 6) is -0.677. The van der Waals surface area contributed by atoms with Crippen LogP contribution in [0.15, 0.2) is 48.8 Å². The van der Waals surface area contributed by atoms with Crippen molar-refractivity contribution in [3.63, 3.8) is 0 Å². The lowest BCUT2D eigenvalue weighted by Crippen LogP contribution is -2.02. The van der Waals surface area contributed by atoms with E-state index in [0.717, 1.165) is 32.2 Å². The highest BCUT2D eigenvalue weighted by molar-refractivity contribution is 14.1. The standard InChI is InChI=1S/C20H15FIN5O3/c1-26-10-13(12-4-3-11(22)7-17(12)26)15-5-6-23-20(24-15)25-16-9-18(27(28)29)14(21)8-19(16)30-2/h3-10H,1-2H3,(H,23,24,25). The fourth-order valence-electron chi connectivity index (χ4n) is 3.20. The second kappa shape index (κ2) is 7.86. The number of methoxy groups -OCH3 is 1. The molecule has 2 aromatic heterocycles. The molecule has 30 heavy (non-hydrogen) atoms. The molecule has 1 N–H and O–H groups in total. The van der Waals surface area contributed by atoms with Crippen molar-refractivity contribution in [1.29, 1.82) is 0 Å². The first-order valence-electron chi connectivity index (χ1n) is 8.74. The van der Waals surface area contributed by atoms with Crippen molar-refractivity contribution in [3.8, 4) is 17.0 Å². The molecule has 0 fully saturated rings. The Morgan fingerprint density at radius 1 is 1.27 bits per heavy atom. The van der Waals surface area contributed by atoms with Gasteiger partial charge in [-0.3, -0.25) is 10.1 Å². The number of aryl methyl sites for hydroxylation is 1. The minimum absolute atomic E-state index is 0.104. The van der Waals surface area contributed by atoms with Gasteiger partial charge in [-0.25, -0.2) is 9.97 Å². The normalized spacial score (nSPS) is 10.9. The first-order chi connectivity index (χ1) is 14.4. The molecule has 4 aromatic rings. The Labute approximate surface area is 184 Å². The van der Waals surface area contributed by atoms with E-state index in [1.54, 1.807) is 12.3 Å². The molecule has 0 unspecified atom stereocenters. The van der Waals surface area contributed by atoms with Crippen molar-refractivity contribution in [3.05, 3.63) is 68.3 Å². The van der Waals surface area contributed by atoms with Gasteiger partial charge in [0, 0.05) is 51.6 Å². The van der Waals surface area contributed by atoms with Crippen LogP contribution in [0.2, 0.25) is 0 Å². The van der Waals surface area contributed by atoms with Crippen LogP contribution in [0.5, 0.6) is 5.75 Å². The number of aromatic nitrogens is 3. The number of anilines is 2. The highest BCUT2D eigenvalue weighted by Crippen LogP contribution is 2.34. The van der Waals surface area contributed by atoms with Crippen LogP contribution in [0.3, 0.4) is 0 Å². The molecule has 0 bridgehead atoms. The number of rotatable bonds is 5. The van der Waals surface area contributed by atoms with Crippen molar-refractivity contribution in [2.75, 3.05) is 12.4 Å². The zero-order valence-electron chi connectivity index (χ0n) is 15.9. The molecular weight excluding hydrogens is 504 g/mol. The lowest BCUT2D eigenvalue weighted by molar-refractivity contribution is -0.387. The molecule has 2 aromatic carbocycles. The van der Waals surface area contributed by atoms with E-state index in [1.165, 1.54) is 7.11 Å². The number of hydrogen-bond acceptors (Lipinski definition) is 6. The van der Waals surface area contributed by atoms with Crippen molar-refractivity contribution >= 4 is 50.8 Å². The van der Waals surface area contributed by atoms with E-state index >= 15 is 0 Å². The van der Waals surface area contributed by atoms with Crippen LogP contribution in [0.4, 0.5) is 21.7 Å². The molecule has 0 spiro atoms. The molecule has 0 aliphatic carbocycles. The molecule has 0 atom stereocenters. The summed E-state index contributed by atoms with van der Waals surface area (Å²) >= 11 is 2.27. The molecule has 152 valence electrons. The van der Waals surface area contributed by atoms with Gasteiger partial charge in [0.1, 0.15) is 5.75 Å². The molecule has 0 aliphatic rings. The lowest BCUT2D eigenvalue weighted by atomic mass is 10.1. The summed E-state index contributed by atoms with van der Waals surface area (Å²) in [6.07, 6.45) is 3.57. The van der Waals surface area contributed by atoms with Gasteiger partial charge in [0.15, 0.2) is 0 Å². The maximum atomic E-state index is 13.9. The minimum Gasteiger partial charge on any atom is -0.494 e. The van der Waals surface area contributed by atoms with Crippen molar-refractivity contribution in [2.45, 2.75) is 0 Å². The van der Waals surface area contributed by atoms with E-state index in [1.807, 2.05) is 29.9 Å². The molecule has 0 radical (unpaired) electrons. The summed E-state index contributed by atoms with van der Waals surface area (Å²) in [6, 6.07) is 9.94. The Morgan fingerprint density at radius 3 is 2.80 bits per heavy atom. The lowest BCUT2D eigenvalue weighted by Gasteiger charge is -2.11. The van der Waals surface area contributed by atoms with Crippen LogP contribution in [-0.2, 0) is 7.05 Å². The number of nitrogens with one attached hydrogen (secondary N) is 1.